The second-order valence-corrected chi connectivity index (χ2v) is 8.93. The molecule has 2 aliphatic heterocycles. The predicted molar refractivity (Wildman–Crippen MR) is 112 cm³/mol. The van der Waals surface area contributed by atoms with Crippen LogP contribution in [0.5, 0.6) is 0 Å². The van der Waals surface area contributed by atoms with E-state index in [1.54, 1.807) is 23.1 Å². The minimum atomic E-state index is -4.31. The van der Waals surface area contributed by atoms with Gasteiger partial charge in [-0.1, -0.05) is 25.0 Å². The molecule has 2 heterocycles. The number of hydrogen-bond donors (Lipinski definition) is 0. The topological polar surface area (TPSA) is 40.6 Å². The van der Waals surface area contributed by atoms with Crippen LogP contribution in [-0.4, -0.2) is 53.3 Å². The SMILES string of the molecule is O=C(/C=C/c1ccc(SC(F)(F)F)cc1)N1CCC(C(=O)N2CCCCCC2)CC1. The van der Waals surface area contributed by atoms with E-state index in [0.29, 0.717) is 31.5 Å². The van der Waals surface area contributed by atoms with Gasteiger partial charge in [-0.25, -0.2) is 0 Å². The summed E-state index contributed by atoms with van der Waals surface area (Å²) >= 11 is -0.160. The zero-order valence-electron chi connectivity index (χ0n) is 16.9. The standard InChI is InChI=1S/C22H27F3N2O2S/c23-22(24,25)30-19-8-5-17(6-9-19)7-10-20(28)26-15-11-18(12-16-26)21(29)27-13-3-1-2-4-14-27/h5-10,18H,1-4,11-16H2/b10-7+. The second-order valence-electron chi connectivity index (χ2n) is 7.79. The Kier molecular flexibility index (Phi) is 7.86. The maximum atomic E-state index is 12.7. The molecule has 0 aliphatic carbocycles. The molecule has 0 saturated carbocycles. The number of carbonyl (C=O) groups is 2. The van der Waals surface area contributed by atoms with Crippen molar-refractivity contribution < 1.29 is 22.8 Å². The fourth-order valence-electron chi connectivity index (χ4n) is 3.95. The Morgan fingerprint density at radius 1 is 0.900 bits per heavy atom. The highest BCUT2D eigenvalue weighted by atomic mass is 32.2. The van der Waals surface area contributed by atoms with Crippen LogP contribution in [0.1, 0.15) is 44.1 Å². The molecule has 2 fully saturated rings. The molecule has 0 N–H and O–H groups in total. The molecule has 0 bridgehead atoms. The number of amides is 2. The summed E-state index contributed by atoms with van der Waals surface area (Å²) in [5, 5.41) is 0. The lowest BCUT2D eigenvalue weighted by atomic mass is 9.95. The third-order valence-corrected chi connectivity index (χ3v) is 6.34. The molecule has 2 aliphatic rings. The van der Waals surface area contributed by atoms with Crippen molar-refractivity contribution in [1.82, 2.24) is 9.80 Å². The van der Waals surface area contributed by atoms with Crippen LogP contribution < -0.4 is 0 Å². The maximum Gasteiger partial charge on any atom is 0.446 e. The van der Waals surface area contributed by atoms with Crippen molar-refractivity contribution in [3.63, 3.8) is 0 Å². The second kappa shape index (κ2) is 10.4. The van der Waals surface area contributed by atoms with Gasteiger partial charge in [-0.3, -0.25) is 9.59 Å². The first-order valence-corrected chi connectivity index (χ1v) is 11.2. The molecule has 1 aromatic carbocycles. The average molecular weight is 441 g/mol. The average Bonchev–Trinajstić information content (AvgIpc) is 3.01. The van der Waals surface area contributed by atoms with Gasteiger partial charge < -0.3 is 9.80 Å². The number of hydrogen-bond acceptors (Lipinski definition) is 3. The summed E-state index contributed by atoms with van der Waals surface area (Å²) in [7, 11) is 0. The highest BCUT2D eigenvalue weighted by molar-refractivity contribution is 8.00. The number of halogens is 3. The van der Waals surface area contributed by atoms with Crippen molar-refractivity contribution in [1.29, 1.82) is 0 Å². The van der Waals surface area contributed by atoms with Gasteiger partial charge in [0, 0.05) is 43.1 Å². The molecule has 0 spiro atoms. The highest BCUT2D eigenvalue weighted by Gasteiger charge is 2.30. The summed E-state index contributed by atoms with van der Waals surface area (Å²) in [5.41, 5.74) is -3.64. The molecule has 4 nitrogen and oxygen atoms in total. The van der Waals surface area contributed by atoms with Crippen LogP contribution in [-0.2, 0) is 9.59 Å². The van der Waals surface area contributed by atoms with Crippen molar-refractivity contribution in [3.05, 3.63) is 35.9 Å². The largest absolute Gasteiger partial charge is 0.446 e. The summed E-state index contributed by atoms with van der Waals surface area (Å²) < 4.78 is 37.1. The van der Waals surface area contributed by atoms with E-state index >= 15 is 0 Å². The number of carbonyl (C=O) groups excluding carboxylic acids is 2. The number of thioether (sulfide) groups is 1. The Morgan fingerprint density at radius 3 is 2.07 bits per heavy atom. The Balaban J connectivity index is 1.47. The fraction of sp³-hybridized carbons (Fsp3) is 0.545. The van der Waals surface area contributed by atoms with Gasteiger partial charge in [-0.15, -0.1) is 0 Å². The number of likely N-dealkylation sites (tertiary alicyclic amines) is 2. The molecular weight excluding hydrogens is 413 g/mol. The Morgan fingerprint density at radius 2 is 1.50 bits per heavy atom. The molecule has 2 amide bonds. The summed E-state index contributed by atoms with van der Waals surface area (Å²) in [6, 6.07) is 5.90. The van der Waals surface area contributed by atoms with E-state index in [0.717, 1.165) is 25.9 Å². The van der Waals surface area contributed by atoms with E-state index in [9.17, 15) is 22.8 Å². The predicted octanol–water partition coefficient (Wildman–Crippen LogP) is 4.95. The highest BCUT2D eigenvalue weighted by Crippen LogP contribution is 2.36. The molecule has 30 heavy (non-hydrogen) atoms. The van der Waals surface area contributed by atoms with Crippen molar-refractivity contribution in [2.75, 3.05) is 26.2 Å². The van der Waals surface area contributed by atoms with Gasteiger partial charge in [0.25, 0.3) is 0 Å². The molecule has 1 aromatic rings. The van der Waals surface area contributed by atoms with Gasteiger partial charge in [0.05, 0.1) is 0 Å². The summed E-state index contributed by atoms with van der Waals surface area (Å²) in [4.78, 5) is 29.0. The molecular formula is C22H27F3N2O2S. The Labute approximate surface area is 179 Å². The maximum absolute atomic E-state index is 12.7. The minimum Gasteiger partial charge on any atom is -0.342 e. The monoisotopic (exact) mass is 440 g/mol. The molecule has 8 heteroatoms. The lowest BCUT2D eigenvalue weighted by molar-refractivity contribution is -0.139. The smallest absolute Gasteiger partial charge is 0.342 e. The minimum absolute atomic E-state index is 0.00481. The van der Waals surface area contributed by atoms with E-state index < -0.39 is 5.51 Å². The van der Waals surface area contributed by atoms with Gasteiger partial charge >= 0.3 is 5.51 Å². The van der Waals surface area contributed by atoms with Crippen LogP contribution >= 0.6 is 11.8 Å². The molecule has 0 atom stereocenters. The van der Waals surface area contributed by atoms with Crippen molar-refractivity contribution in [2.24, 2.45) is 5.92 Å². The number of rotatable bonds is 4. The molecule has 0 radical (unpaired) electrons. The van der Waals surface area contributed by atoms with Crippen LogP contribution in [0.4, 0.5) is 13.2 Å². The van der Waals surface area contributed by atoms with Crippen molar-refractivity contribution in [2.45, 2.75) is 48.9 Å². The third-order valence-electron chi connectivity index (χ3n) is 5.61. The van der Waals surface area contributed by atoms with E-state index in [-0.39, 0.29) is 34.4 Å². The zero-order chi connectivity index (χ0) is 21.6. The van der Waals surface area contributed by atoms with Gasteiger partial charge in [-0.2, -0.15) is 13.2 Å². The molecule has 3 rings (SSSR count). The number of benzene rings is 1. The number of nitrogens with zero attached hydrogens (tertiary/aromatic N) is 2. The Hall–Kier alpha value is -1.96. The van der Waals surface area contributed by atoms with E-state index in [1.165, 1.54) is 31.1 Å². The molecule has 2 saturated heterocycles. The summed E-state index contributed by atoms with van der Waals surface area (Å²) in [6.07, 6.45) is 8.94. The first kappa shape index (κ1) is 22.7. The van der Waals surface area contributed by atoms with Crippen LogP contribution in [0.15, 0.2) is 35.2 Å². The quantitative estimate of drug-likeness (QED) is 0.491. The lowest BCUT2D eigenvalue weighted by Gasteiger charge is -2.33. The van der Waals surface area contributed by atoms with E-state index in [2.05, 4.69) is 0 Å². The molecule has 164 valence electrons. The van der Waals surface area contributed by atoms with Gasteiger partial charge in [0.2, 0.25) is 11.8 Å². The van der Waals surface area contributed by atoms with Crippen LogP contribution in [0.2, 0.25) is 0 Å². The molecule has 0 aromatic heterocycles. The van der Waals surface area contributed by atoms with Crippen LogP contribution in [0, 0.1) is 5.92 Å². The van der Waals surface area contributed by atoms with E-state index in [1.807, 2.05) is 4.90 Å². The first-order valence-electron chi connectivity index (χ1n) is 10.4. The normalized spacial score (nSPS) is 19.2. The van der Waals surface area contributed by atoms with Gasteiger partial charge in [0.15, 0.2) is 0 Å². The summed E-state index contributed by atoms with van der Waals surface area (Å²) in [5.74, 6) is 0.0931. The zero-order valence-corrected chi connectivity index (χ0v) is 17.7. The van der Waals surface area contributed by atoms with E-state index in [4.69, 9.17) is 0 Å². The van der Waals surface area contributed by atoms with Gasteiger partial charge in [0.1, 0.15) is 0 Å². The third kappa shape index (κ3) is 6.79. The lowest BCUT2D eigenvalue weighted by Crippen LogP contribution is -2.44. The molecule has 0 unspecified atom stereocenters. The van der Waals surface area contributed by atoms with Crippen molar-refractivity contribution >= 4 is 29.7 Å². The van der Waals surface area contributed by atoms with Crippen molar-refractivity contribution in [3.8, 4) is 0 Å². The fourth-order valence-corrected chi connectivity index (χ4v) is 4.49. The van der Waals surface area contributed by atoms with Crippen LogP contribution in [0.25, 0.3) is 6.08 Å². The Bertz CT molecular complexity index is 749. The van der Waals surface area contributed by atoms with Crippen LogP contribution in [0.3, 0.4) is 0 Å². The summed E-state index contributed by atoms with van der Waals surface area (Å²) in [6.45, 7) is 2.80. The number of piperidine rings is 1. The number of alkyl halides is 3. The van der Waals surface area contributed by atoms with Gasteiger partial charge in [-0.05, 0) is 61.2 Å². The first-order chi connectivity index (χ1) is 14.3.